The molecule has 1 aromatic carbocycles. The molecule has 0 bridgehead atoms. The van der Waals surface area contributed by atoms with Gasteiger partial charge in [0.25, 0.3) is 0 Å². The number of aliphatic hydroxyl groups excluding tert-OH is 1. The van der Waals surface area contributed by atoms with Crippen LogP contribution in [0.2, 0.25) is 0 Å². The number of benzene rings is 1. The van der Waals surface area contributed by atoms with Crippen molar-refractivity contribution in [3.63, 3.8) is 0 Å². The minimum atomic E-state index is -3.33. The Morgan fingerprint density at radius 1 is 1.24 bits per heavy atom. The van der Waals surface area contributed by atoms with Crippen molar-refractivity contribution in [1.82, 2.24) is 5.32 Å². The molecule has 5 nitrogen and oxygen atoms in total. The molecule has 1 unspecified atom stereocenters. The number of hydrogen-bond acceptors (Lipinski definition) is 5. The quantitative estimate of drug-likeness (QED) is 0.660. The minimum absolute atomic E-state index is 0.0371. The molecule has 2 N–H and O–H groups in total. The normalized spacial score (nSPS) is 13.3. The monoisotopic (exact) mass is 315 g/mol. The maximum absolute atomic E-state index is 12.1. The summed E-state index contributed by atoms with van der Waals surface area (Å²) in [5, 5.41) is 12.7. The van der Waals surface area contributed by atoms with E-state index in [9.17, 15) is 13.5 Å². The maximum atomic E-state index is 12.1. The van der Waals surface area contributed by atoms with E-state index in [4.69, 9.17) is 4.74 Å². The van der Waals surface area contributed by atoms with Crippen molar-refractivity contribution in [2.45, 2.75) is 25.7 Å². The molecule has 0 aromatic heterocycles. The number of aliphatic hydroxyl groups is 1. The van der Waals surface area contributed by atoms with Crippen LogP contribution in [0.5, 0.6) is 0 Å². The van der Waals surface area contributed by atoms with Gasteiger partial charge in [0, 0.05) is 20.2 Å². The van der Waals surface area contributed by atoms with Crippen LogP contribution in [-0.2, 0) is 20.3 Å². The van der Waals surface area contributed by atoms with Gasteiger partial charge in [0.05, 0.1) is 24.2 Å². The first kappa shape index (κ1) is 18.1. The molecule has 1 atom stereocenters. The molecule has 0 saturated carbocycles. The molecule has 0 radical (unpaired) electrons. The fourth-order valence-electron chi connectivity index (χ4n) is 2.26. The third kappa shape index (κ3) is 7.57. The predicted octanol–water partition coefficient (Wildman–Crippen LogP) is 0.815. The molecule has 0 aliphatic heterocycles. The number of methoxy groups -OCH3 is 1. The first-order valence-corrected chi connectivity index (χ1v) is 8.80. The zero-order valence-corrected chi connectivity index (χ0v) is 13.7. The van der Waals surface area contributed by atoms with Crippen molar-refractivity contribution >= 4 is 9.84 Å². The first-order valence-electron chi connectivity index (χ1n) is 6.98. The van der Waals surface area contributed by atoms with Crippen LogP contribution in [-0.4, -0.2) is 52.2 Å². The largest absolute Gasteiger partial charge is 0.391 e. The van der Waals surface area contributed by atoms with Crippen molar-refractivity contribution in [2.75, 3.05) is 32.6 Å². The van der Waals surface area contributed by atoms with Gasteiger partial charge in [-0.25, -0.2) is 8.42 Å². The third-order valence-corrected chi connectivity index (χ3v) is 4.64. The van der Waals surface area contributed by atoms with Gasteiger partial charge in [0.2, 0.25) is 0 Å². The molecule has 0 spiro atoms. The molecule has 120 valence electrons. The van der Waals surface area contributed by atoms with Crippen LogP contribution in [0, 0.1) is 13.8 Å². The summed E-state index contributed by atoms with van der Waals surface area (Å²) in [6.45, 7) is 5.25. The number of ether oxygens (including phenoxy) is 1. The molecular formula is C15H25NO4S. The Morgan fingerprint density at radius 3 is 2.43 bits per heavy atom. The van der Waals surface area contributed by atoms with Crippen molar-refractivity contribution < 1.29 is 18.3 Å². The summed E-state index contributed by atoms with van der Waals surface area (Å²) >= 11 is 0. The van der Waals surface area contributed by atoms with Crippen LogP contribution in [0.1, 0.15) is 16.7 Å². The molecule has 0 amide bonds. The van der Waals surface area contributed by atoms with Gasteiger partial charge < -0.3 is 15.2 Å². The summed E-state index contributed by atoms with van der Waals surface area (Å²) in [4.78, 5) is 0. The average molecular weight is 315 g/mol. The molecule has 1 aromatic rings. The molecule has 0 heterocycles. The van der Waals surface area contributed by atoms with Crippen molar-refractivity contribution in [2.24, 2.45) is 0 Å². The average Bonchev–Trinajstić information content (AvgIpc) is 2.31. The Labute approximate surface area is 127 Å². The second-order valence-electron chi connectivity index (χ2n) is 5.40. The fourth-order valence-corrected chi connectivity index (χ4v) is 3.76. The molecule has 6 heteroatoms. The van der Waals surface area contributed by atoms with E-state index in [1.807, 2.05) is 32.0 Å². The number of nitrogens with one attached hydrogen (secondary N) is 1. The Bertz CT molecular complexity index is 522. The first-order chi connectivity index (χ1) is 9.82. The summed E-state index contributed by atoms with van der Waals surface area (Å²) in [6.07, 6.45) is -0.905. The van der Waals surface area contributed by atoms with Gasteiger partial charge in [-0.3, -0.25) is 0 Å². The fraction of sp³-hybridized carbons (Fsp3) is 0.600. The molecular weight excluding hydrogens is 290 g/mol. The number of aryl methyl sites for hydroxylation is 2. The maximum Gasteiger partial charge on any atom is 0.157 e. The lowest BCUT2D eigenvalue weighted by atomic mass is 10.1. The van der Waals surface area contributed by atoms with Crippen LogP contribution < -0.4 is 5.32 Å². The summed E-state index contributed by atoms with van der Waals surface area (Å²) in [5.74, 6) is -0.273. The van der Waals surface area contributed by atoms with Crippen molar-refractivity contribution in [3.05, 3.63) is 34.9 Å². The van der Waals surface area contributed by atoms with Gasteiger partial charge in [-0.05, 0) is 19.4 Å². The van der Waals surface area contributed by atoms with E-state index < -0.39 is 15.9 Å². The van der Waals surface area contributed by atoms with E-state index in [1.165, 1.54) is 0 Å². The van der Waals surface area contributed by atoms with Crippen LogP contribution in [0.3, 0.4) is 0 Å². The Balaban J connectivity index is 2.53. The van der Waals surface area contributed by atoms with Gasteiger partial charge in [-0.15, -0.1) is 0 Å². The van der Waals surface area contributed by atoms with Crippen LogP contribution in [0.15, 0.2) is 18.2 Å². The highest BCUT2D eigenvalue weighted by molar-refractivity contribution is 7.90. The minimum Gasteiger partial charge on any atom is -0.391 e. The lowest BCUT2D eigenvalue weighted by Gasteiger charge is -2.13. The SMILES string of the molecule is COCCNCC(O)CS(=O)(=O)Cc1cc(C)cc(C)c1. The summed E-state index contributed by atoms with van der Waals surface area (Å²) in [6, 6.07) is 5.74. The molecule has 0 aliphatic rings. The van der Waals surface area contributed by atoms with Crippen molar-refractivity contribution in [1.29, 1.82) is 0 Å². The lowest BCUT2D eigenvalue weighted by Crippen LogP contribution is -2.34. The highest BCUT2D eigenvalue weighted by Gasteiger charge is 2.18. The van der Waals surface area contributed by atoms with Crippen LogP contribution in [0.25, 0.3) is 0 Å². The number of sulfone groups is 1. The van der Waals surface area contributed by atoms with E-state index in [-0.39, 0.29) is 18.1 Å². The van der Waals surface area contributed by atoms with Crippen molar-refractivity contribution in [3.8, 4) is 0 Å². The summed E-state index contributed by atoms with van der Waals surface area (Å²) in [7, 11) is -1.74. The molecule has 0 aliphatic carbocycles. The van der Waals surface area contributed by atoms with Crippen LogP contribution >= 0.6 is 0 Å². The second-order valence-corrected chi connectivity index (χ2v) is 7.51. The van der Waals surface area contributed by atoms with Crippen LogP contribution in [0.4, 0.5) is 0 Å². The zero-order chi connectivity index (χ0) is 15.9. The van der Waals surface area contributed by atoms with Gasteiger partial charge in [0.1, 0.15) is 0 Å². The van der Waals surface area contributed by atoms with E-state index in [0.717, 1.165) is 16.7 Å². The Hall–Kier alpha value is -0.950. The van der Waals surface area contributed by atoms with E-state index in [1.54, 1.807) is 7.11 Å². The van der Waals surface area contributed by atoms with Gasteiger partial charge in [-0.2, -0.15) is 0 Å². The molecule has 21 heavy (non-hydrogen) atoms. The predicted molar refractivity (Wildman–Crippen MR) is 84.2 cm³/mol. The Kier molecular flexibility index (Phi) is 7.31. The third-order valence-electron chi connectivity index (χ3n) is 2.98. The summed E-state index contributed by atoms with van der Waals surface area (Å²) < 4.78 is 29.1. The summed E-state index contributed by atoms with van der Waals surface area (Å²) in [5.41, 5.74) is 2.86. The molecule has 1 rings (SSSR count). The van der Waals surface area contributed by atoms with E-state index in [2.05, 4.69) is 5.32 Å². The number of hydrogen-bond donors (Lipinski definition) is 2. The number of rotatable bonds is 9. The smallest absolute Gasteiger partial charge is 0.157 e. The van der Waals surface area contributed by atoms with Gasteiger partial charge in [-0.1, -0.05) is 29.3 Å². The zero-order valence-electron chi connectivity index (χ0n) is 12.9. The highest BCUT2D eigenvalue weighted by atomic mass is 32.2. The lowest BCUT2D eigenvalue weighted by molar-refractivity contribution is 0.174. The van der Waals surface area contributed by atoms with Gasteiger partial charge in [0.15, 0.2) is 9.84 Å². The molecule has 0 fully saturated rings. The van der Waals surface area contributed by atoms with E-state index in [0.29, 0.717) is 13.2 Å². The topological polar surface area (TPSA) is 75.6 Å². The standard InChI is InChI=1S/C15H25NO4S/c1-12-6-13(2)8-14(7-12)10-21(18,19)11-15(17)9-16-4-5-20-3/h6-8,15-17H,4-5,9-11H2,1-3H3. The van der Waals surface area contributed by atoms with E-state index >= 15 is 0 Å². The Morgan fingerprint density at radius 2 is 1.86 bits per heavy atom. The second kappa shape index (κ2) is 8.48. The highest BCUT2D eigenvalue weighted by Crippen LogP contribution is 2.13. The molecule has 0 saturated heterocycles. The van der Waals surface area contributed by atoms with Gasteiger partial charge >= 0.3 is 0 Å².